The van der Waals surface area contributed by atoms with E-state index in [2.05, 4.69) is 34.5 Å². The number of furan rings is 1. The van der Waals surface area contributed by atoms with Crippen molar-refractivity contribution in [3.8, 4) is 0 Å². The number of nitrogens with zero attached hydrogens (tertiary/aromatic N) is 1. The molecular formula is C15H20N2O. The Morgan fingerprint density at radius 1 is 1.00 bits per heavy atom. The van der Waals surface area contributed by atoms with Crippen molar-refractivity contribution in [3.05, 3.63) is 53.5 Å². The zero-order valence-corrected chi connectivity index (χ0v) is 11.2. The van der Waals surface area contributed by atoms with Gasteiger partial charge in [-0.05, 0) is 36.8 Å². The van der Waals surface area contributed by atoms with Gasteiger partial charge in [0.1, 0.15) is 11.5 Å². The van der Waals surface area contributed by atoms with Crippen molar-refractivity contribution in [2.45, 2.75) is 20.0 Å². The topological polar surface area (TPSA) is 28.4 Å². The highest BCUT2D eigenvalue weighted by molar-refractivity contribution is 5.45. The Hall–Kier alpha value is -1.74. The van der Waals surface area contributed by atoms with E-state index < -0.39 is 0 Å². The van der Waals surface area contributed by atoms with E-state index in [0.717, 1.165) is 24.6 Å². The highest BCUT2D eigenvalue weighted by Crippen LogP contribution is 2.12. The Kier molecular flexibility index (Phi) is 4.05. The zero-order valence-electron chi connectivity index (χ0n) is 11.2. The molecule has 0 unspecified atom stereocenters. The number of nitrogens with one attached hydrogen (secondary N) is 1. The summed E-state index contributed by atoms with van der Waals surface area (Å²) in [5.74, 6) is 1.94. The molecule has 0 aliphatic carbocycles. The molecule has 18 heavy (non-hydrogen) atoms. The van der Waals surface area contributed by atoms with Gasteiger partial charge in [-0.2, -0.15) is 0 Å². The summed E-state index contributed by atoms with van der Waals surface area (Å²) in [5, 5.41) is 3.37. The first kappa shape index (κ1) is 12.7. The molecule has 1 aromatic heterocycles. The summed E-state index contributed by atoms with van der Waals surface area (Å²) in [4.78, 5) is 2.10. The molecule has 3 heteroatoms. The minimum atomic E-state index is 0.767. The van der Waals surface area contributed by atoms with E-state index >= 15 is 0 Å². The fourth-order valence-electron chi connectivity index (χ4n) is 1.82. The van der Waals surface area contributed by atoms with E-state index in [1.165, 1.54) is 11.3 Å². The van der Waals surface area contributed by atoms with Crippen LogP contribution in [0.5, 0.6) is 0 Å². The van der Waals surface area contributed by atoms with Crippen molar-refractivity contribution >= 4 is 5.69 Å². The number of hydrogen-bond acceptors (Lipinski definition) is 3. The summed E-state index contributed by atoms with van der Waals surface area (Å²) in [6, 6.07) is 12.6. The van der Waals surface area contributed by atoms with E-state index in [1.807, 2.05) is 33.2 Å². The normalized spacial score (nSPS) is 10.6. The van der Waals surface area contributed by atoms with Crippen molar-refractivity contribution in [3.63, 3.8) is 0 Å². The number of aryl methyl sites for hydroxylation is 1. The summed E-state index contributed by atoms with van der Waals surface area (Å²) in [5.41, 5.74) is 2.50. The first-order chi connectivity index (χ1) is 8.65. The Morgan fingerprint density at radius 3 is 2.28 bits per heavy atom. The van der Waals surface area contributed by atoms with Gasteiger partial charge in [-0.25, -0.2) is 0 Å². The summed E-state index contributed by atoms with van der Waals surface area (Å²) in [6.07, 6.45) is 0. The Balaban J connectivity index is 1.83. The monoisotopic (exact) mass is 244 g/mol. The van der Waals surface area contributed by atoms with E-state index in [0.29, 0.717) is 0 Å². The molecular weight excluding hydrogens is 224 g/mol. The summed E-state index contributed by atoms with van der Waals surface area (Å²) >= 11 is 0. The van der Waals surface area contributed by atoms with Gasteiger partial charge in [0.25, 0.3) is 0 Å². The molecule has 2 rings (SSSR count). The Bertz CT molecular complexity index is 485. The molecule has 0 fully saturated rings. The largest absolute Gasteiger partial charge is 0.465 e. The van der Waals surface area contributed by atoms with Gasteiger partial charge >= 0.3 is 0 Å². The average Bonchev–Trinajstić information content (AvgIpc) is 2.76. The van der Waals surface area contributed by atoms with Gasteiger partial charge in [-0.3, -0.25) is 0 Å². The predicted molar refractivity (Wildman–Crippen MR) is 74.8 cm³/mol. The molecule has 1 aromatic carbocycles. The second-order valence-electron chi connectivity index (χ2n) is 4.68. The maximum atomic E-state index is 5.50. The molecule has 0 bridgehead atoms. The van der Waals surface area contributed by atoms with Crippen LogP contribution < -0.4 is 10.2 Å². The molecule has 0 amide bonds. The minimum absolute atomic E-state index is 0.767. The third kappa shape index (κ3) is 3.37. The van der Waals surface area contributed by atoms with Crippen LogP contribution in [0.3, 0.4) is 0 Å². The molecule has 2 aromatic rings. The quantitative estimate of drug-likeness (QED) is 0.876. The standard InChI is InChI=1S/C15H20N2O/c1-12-4-9-15(18-12)11-16-10-13-5-7-14(8-6-13)17(2)3/h4-9,16H,10-11H2,1-3H3. The SMILES string of the molecule is Cc1ccc(CNCc2ccc(N(C)C)cc2)o1. The summed E-state index contributed by atoms with van der Waals surface area (Å²) in [6.45, 7) is 3.58. The van der Waals surface area contributed by atoms with Crippen LogP contribution in [-0.2, 0) is 13.1 Å². The second kappa shape index (κ2) is 5.74. The highest BCUT2D eigenvalue weighted by atomic mass is 16.3. The van der Waals surface area contributed by atoms with Gasteiger partial charge in [-0.1, -0.05) is 12.1 Å². The van der Waals surface area contributed by atoms with Crippen LogP contribution in [0.25, 0.3) is 0 Å². The lowest BCUT2D eigenvalue weighted by Gasteiger charge is -2.12. The maximum Gasteiger partial charge on any atom is 0.117 e. The Morgan fingerprint density at radius 2 is 1.72 bits per heavy atom. The van der Waals surface area contributed by atoms with Crippen LogP contribution in [0.15, 0.2) is 40.8 Å². The van der Waals surface area contributed by atoms with Crippen molar-refractivity contribution < 1.29 is 4.42 Å². The molecule has 0 radical (unpaired) electrons. The summed E-state index contributed by atoms with van der Waals surface area (Å²) in [7, 11) is 4.10. The van der Waals surface area contributed by atoms with Gasteiger partial charge < -0.3 is 14.6 Å². The average molecular weight is 244 g/mol. The number of rotatable bonds is 5. The van der Waals surface area contributed by atoms with Gasteiger partial charge in [0.15, 0.2) is 0 Å². The fourth-order valence-corrected chi connectivity index (χ4v) is 1.82. The molecule has 96 valence electrons. The molecule has 0 aliphatic rings. The van der Waals surface area contributed by atoms with E-state index in [1.54, 1.807) is 0 Å². The lowest BCUT2D eigenvalue weighted by atomic mass is 10.2. The zero-order chi connectivity index (χ0) is 13.0. The van der Waals surface area contributed by atoms with Gasteiger partial charge in [0.2, 0.25) is 0 Å². The fraction of sp³-hybridized carbons (Fsp3) is 0.333. The first-order valence-electron chi connectivity index (χ1n) is 6.17. The molecule has 0 spiro atoms. The number of anilines is 1. The molecule has 3 nitrogen and oxygen atoms in total. The lowest BCUT2D eigenvalue weighted by Crippen LogP contribution is -2.12. The van der Waals surface area contributed by atoms with Crippen LogP contribution in [0.2, 0.25) is 0 Å². The van der Waals surface area contributed by atoms with Crippen LogP contribution in [0.4, 0.5) is 5.69 Å². The molecule has 0 saturated carbocycles. The van der Waals surface area contributed by atoms with Crippen LogP contribution >= 0.6 is 0 Å². The first-order valence-corrected chi connectivity index (χ1v) is 6.17. The Labute approximate surface area is 108 Å². The van der Waals surface area contributed by atoms with Crippen molar-refractivity contribution in [1.82, 2.24) is 5.32 Å². The molecule has 1 N–H and O–H groups in total. The predicted octanol–water partition coefficient (Wildman–Crippen LogP) is 2.94. The van der Waals surface area contributed by atoms with Crippen molar-refractivity contribution in [2.75, 3.05) is 19.0 Å². The molecule has 0 aliphatic heterocycles. The number of hydrogen-bond donors (Lipinski definition) is 1. The van der Waals surface area contributed by atoms with Gasteiger partial charge in [0, 0.05) is 26.3 Å². The second-order valence-corrected chi connectivity index (χ2v) is 4.68. The van der Waals surface area contributed by atoms with E-state index in [9.17, 15) is 0 Å². The maximum absolute atomic E-state index is 5.50. The van der Waals surface area contributed by atoms with E-state index in [-0.39, 0.29) is 0 Å². The van der Waals surface area contributed by atoms with E-state index in [4.69, 9.17) is 4.42 Å². The third-order valence-electron chi connectivity index (χ3n) is 2.88. The van der Waals surface area contributed by atoms with Crippen molar-refractivity contribution in [2.24, 2.45) is 0 Å². The van der Waals surface area contributed by atoms with Crippen LogP contribution in [0.1, 0.15) is 17.1 Å². The summed E-state index contributed by atoms with van der Waals surface area (Å²) < 4.78 is 5.50. The molecule has 0 saturated heterocycles. The van der Waals surface area contributed by atoms with Gasteiger partial charge in [0.05, 0.1) is 6.54 Å². The molecule has 1 heterocycles. The van der Waals surface area contributed by atoms with Crippen LogP contribution in [0, 0.1) is 6.92 Å². The van der Waals surface area contributed by atoms with Crippen molar-refractivity contribution in [1.29, 1.82) is 0 Å². The smallest absolute Gasteiger partial charge is 0.117 e. The van der Waals surface area contributed by atoms with Gasteiger partial charge in [-0.15, -0.1) is 0 Å². The lowest BCUT2D eigenvalue weighted by molar-refractivity contribution is 0.462. The minimum Gasteiger partial charge on any atom is -0.465 e. The van der Waals surface area contributed by atoms with Crippen LogP contribution in [-0.4, -0.2) is 14.1 Å². The highest BCUT2D eigenvalue weighted by Gasteiger charge is 1.99. The third-order valence-corrected chi connectivity index (χ3v) is 2.88. The number of benzene rings is 1. The molecule has 0 atom stereocenters.